The quantitative estimate of drug-likeness (QED) is 0.470. The summed E-state index contributed by atoms with van der Waals surface area (Å²) in [5.41, 5.74) is 0.409. The molecule has 0 fully saturated rings. The van der Waals surface area contributed by atoms with Crippen molar-refractivity contribution in [2.45, 2.75) is 41.2 Å². The molecule has 0 aliphatic carbocycles. The smallest absolute Gasteiger partial charge is 0.274 e. The molecule has 1 aromatic heterocycles. The second kappa shape index (κ2) is 7.67. The number of thiazole rings is 1. The Labute approximate surface area is 127 Å². The topological polar surface area (TPSA) is 76.1 Å². The molecule has 0 unspecified atom stereocenters. The van der Waals surface area contributed by atoms with Crippen LogP contribution in [0.3, 0.4) is 0 Å². The molecule has 0 bridgehead atoms. The van der Waals surface area contributed by atoms with Gasteiger partial charge < -0.3 is 0 Å². The van der Waals surface area contributed by atoms with Crippen molar-refractivity contribution in [3.63, 3.8) is 0 Å². The molecule has 0 saturated carbocycles. The van der Waals surface area contributed by atoms with Gasteiger partial charge in [0, 0.05) is 12.8 Å². The summed E-state index contributed by atoms with van der Waals surface area (Å²) in [7, 11) is -3.82. The van der Waals surface area contributed by atoms with Crippen molar-refractivity contribution in [1.29, 1.82) is 0 Å². The number of aryl methyl sites for hydroxylation is 1. The van der Waals surface area contributed by atoms with E-state index in [0.717, 1.165) is 11.3 Å². The number of nitrogens with one attached hydrogen (secondary N) is 1. The summed E-state index contributed by atoms with van der Waals surface area (Å²) < 4.78 is 27.0. The molecule has 0 saturated heterocycles. The number of carbonyl (C=O) groups excluding carboxylic acids is 1. The molecule has 110 valence electrons. The van der Waals surface area contributed by atoms with Crippen LogP contribution in [0.25, 0.3) is 0 Å². The Bertz CT molecular complexity index is 614. The zero-order chi connectivity index (χ0) is 15.2. The molecule has 0 radical (unpaired) electrons. The largest absolute Gasteiger partial charge is 0.275 e. The summed E-state index contributed by atoms with van der Waals surface area (Å²) in [5, 5.41) is 0. The third-order valence-electron chi connectivity index (χ3n) is 2.38. The van der Waals surface area contributed by atoms with E-state index in [4.69, 9.17) is 6.42 Å². The molecule has 0 aliphatic heterocycles. The maximum Gasteiger partial charge on any atom is 0.275 e. The predicted molar refractivity (Wildman–Crippen MR) is 81.3 cm³/mol. The molecule has 0 atom stereocenters. The zero-order valence-electron chi connectivity index (χ0n) is 11.3. The lowest BCUT2D eigenvalue weighted by Gasteiger charge is -2.05. The van der Waals surface area contributed by atoms with Crippen LogP contribution in [0.15, 0.2) is 8.55 Å². The van der Waals surface area contributed by atoms with Crippen LogP contribution in [0.2, 0.25) is 0 Å². The zero-order valence-corrected chi connectivity index (χ0v) is 13.8. The fourth-order valence-electron chi connectivity index (χ4n) is 1.46. The normalized spacial score (nSPS) is 11.1. The first-order valence-electron chi connectivity index (χ1n) is 5.91. The number of hydrogen-bond donors (Lipinski definition) is 1. The average Bonchev–Trinajstić information content (AvgIpc) is 2.76. The number of nitrogens with zero attached hydrogens (tertiary/aromatic N) is 1. The highest BCUT2D eigenvalue weighted by Gasteiger charge is 2.23. The molecule has 0 aliphatic rings. The van der Waals surface area contributed by atoms with E-state index < -0.39 is 15.9 Å². The minimum absolute atomic E-state index is 0.0961. The van der Waals surface area contributed by atoms with Crippen LogP contribution in [0.4, 0.5) is 0 Å². The summed E-state index contributed by atoms with van der Waals surface area (Å²) in [4.78, 5) is 15.7. The molecule has 5 nitrogen and oxygen atoms in total. The van der Waals surface area contributed by atoms with Crippen molar-refractivity contribution >= 4 is 39.0 Å². The van der Waals surface area contributed by atoms with E-state index in [1.54, 1.807) is 6.92 Å². The number of rotatable bonds is 7. The Morgan fingerprint density at radius 1 is 1.50 bits per heavy atom. The number of amides is 1. The number of carbonyl (C=O) groups is 1. The van der Waals surface area contributed by atoms with Crippen LogP contribution in [0.5, 0.6) is 0 Å². The van der Waals surface area contributed by atoms with Gasteiger partial charge in [0.2, 0.25) is 5.91 Å². The van der Waals surface area contributed by atoms with Crippen molar-refractivity contribution in [3.05, 3.63) is 5.69 Å². The van der Waals surface area contributed by atoms with Gasteiger partial charge in [0.25, 0.3) is 10.0 Å². The Balaban J connectivity index is 2.67. The fraction of sp³-hybridized carbons (Fsp3) is 0.500. The Morgan fingerprint density at radius 2 is 2.20 bits per heavy atom. The first kappa shape index (κ1) is 17.0. The Morgan fingerprint density at radius 3 is 2.75 bits per heavy atom. The summed E-state index contributed by atoms with van der Waals surface area (Å²) in [5.74, 6) is 1.96. The lowest BCUT2D eigenvalue weighted by Crippen LogP contribution is -2.30. The van der Waals surface area contributed by atoms with Crippen LogP contribution < -0.4 is 4.72 Å². The van der Waals surface area contributed by atoms with Crippen LogP contribution in [0.1, 0.15) is 31.4 Å². The van der Waals surface area contributed by atoms with Crippen molar-refractivity contribution < 1.29 is 13.2 Å². The van der Waals surface area contributed by atoms with E-state index in [9.17, 15) is 13.2 Å². The summed E-state index contributed by atoms with van der Waals surface area (Å²) in [6, 6.07) is 0. The highest BCUT2D eigenvalue weighted by atomic mass is 32.3. The first-order valence-corrected chi connectivity index (χ1v) is 9.43. The molecular weight excluding hydrogens is 316 g/mol. The molecular formula is C12H16N2O3S3. The number of aromatic nitrogens is 1. The molecule has 1 amide bonds. The summed E-state index contributed by atoms with van der Waals surface area (Å²) in [6.07, 6.45) is 8.94. The molecule has 1 aromatic rings. The van der Waals surface area contributed by atoms with Crippen LogP contribution in [-0.4, -0.2) is 25.6 Å². The van der Waals surface area contributed by atoms with Crippen LogP contribution in [-0.2, 0) is 14.8 Å². The molecule has 0 spiro atoms. The van der Waals surface area contributed by atoms with E-state index in [0.29, 0.717) is 29.3 Å². The molecule has 1 heterocycles. The number of thioether (sulfide) groups is 1. The predicted octanol–water partition coefficient (Wildman–Crippen LogP) is 2.17. The van der Waals surface area contributed by atoms with Gasteiger partial charge in [-0.15, -0.1) is 12.3 Å². The Hall–Kier alpha value is -1.04. The van der Waals surface area contributed by atoms with Crippen molar-refractivity contribution in [2.75, 3.05) is 6.26 Å². The fourth-order valence-corrected chi connectivity index (χ4v) is 4.69. The van der Waals surface area contributed by atoms with Gasteiger partial charge in [0.05, 0.1) is 5.69 Å². The minimum Gasteiger partial charge on any atom is -0.274 e. The van der Waals surface area contributed by atoms with E-state index in [-0.39, 0.29) is 10.6 Å². The Kier molecular flexibility index (Phi) is 6.52. The second-order valence-corrected chi connectivity index (χ2v) is 7.93. The van der Waals surface area contributed by atoms with Crippen molar-refractivity contribution in [2.24, 2.45) is 0 Å². The third kappa shape index (κ3) is 4.81. The van der Waals surface area contributed by atoms with Gasteiger partial charge in [0.15, 0.2) is 8.55 Å². The number of terminal acetylenes is 1. The van der Waals surface area contributed by atoms with Crippen LogP contribution in [0, 0.1) is 19.3 Å². The van der Waals surface area contributed by atoms with Gasteiger partial charge in [0.1, 0.15) is 0 Å². The summed E-state index contributed by atoms with van der Waals surface area (Å²) >= 11 is 2.43. The van der Waals surface area contributed by atoms with Crippen molar-refractivity contribution in [1.82, 2.24) is 9.71 Å². The van der Waals surface area contributed by atoms with Crippen LogP contribution >= 0.6 is 23.1 Å². The van der Waals surface area contributed by atoms with E-state index >= 15 is 0 Å². The standard InChI is InChI=1S/C12H16N2O3S3/c1-4-5-6-7-8-10(15)14-20(16,17)11-9(2)13-12(18-3)19-11/h1H,5-8H2,2-3H3,(H,14,15). The lowest BCUT2D eigenvalue weighted by atomic mass is 10.2. The van der Waals surface area contributed by atoms with Gasteiger partial charge in [-0.05, 0) is 26.0 Å². The SMILES string of the molecule is C#CCCCCC(=O)NS(=O)(=O)c1sc(SC)nc1C. The van der Waals surface area contributed by atoms with E-state index in [2.05, 4.69) is 15.6 Å². The maximum atomic E-state index is 12.1. The summed E-state index contributed by atoms with van der Waals surface area (Å²) in [6.45, 7) is 1.61. The number of hydrogen-bond acceptors (Lipinski definition) is 6. The second-order valence-electron chi connectivity index (χ2n) is 4.00. The minimum atomic E-state index is -3.82. The highest BCUT2D eigenvalue weighted by molar-refractivity contribution is 8.00. The molecule has 0 aromatic carbocycles. The molecule has 8 heteroatoms. The average molecular weight is 332 g/mol. The molecule has 20 heavy (non-hydrogen) atoms. The number of unbranched alkanes of at least 4 members (excludes halogenated alkanes) is 2. The van der Waals surface area contributed by atoms with Gasteiger partial charge in [-0.2, -0.15) is 0 Å². The van der Waals surface area contributed by atoms with Gasteiger partial charge in [-0.3, -0.25) is 4.79 Å². The molecule has 1 N–H and O–H groups in total. The maximum absolute atomic E-state index is 12.1. The van der Waals surface area contributed by atoms with E-state index in [1.807, 2.05) is 6.26 Å². The van der Waals surface area contributed by atoms with Crippen molar-refractivity contribution in [3.8, 4) is 12.3 Å². The molecule has 1 rings (SSSR count). The third-order valence-corrected chi connectivity index (χ3v) is 6.50. The van der Waals surface area contributed by atoms with Gasteiger partial charge >= 0.3 is 0 Å². The monoisotopic (exact) mass is 332 g/mol. The highest BCUT2D eigenvalue weighted by Crippen LogP contribution is 2.28. The van der Waals surface area contributed by atoms with E-state index in [1.165, 1.54) is 11.8 Å². The first-order chi connectivity index (χ1) is 9.40. The van der Waals surface area contributed by atoms with Gasteiger partial charge in [-0.25, -0.2) is 18.1 Å². The number of sulfonamides is 1. The lowest BCUT2D eigenvalue weighted by molar-refractivity contribution is -0.119. The van der Waals surface area contributed by atoms with Gasteiger partial charge in [-0.1, -0.05) is 23.1 Å².